The van der Waals surface area contributed by atoms with Gasteiger partial charge < -0.3 is 4.74 Å². The number of piperidine rings is 1. The fourth-order valence-electron chi connectivity index (χ4n) is 1.75. The van der Waals surface area contributed by atoms with Gasteiger partial charge in [0.25, 0.3) is 5.91 Å². The normalized spacial score (nSPS) is 21.4. The number of likely N-dealkylation sites (tertiary alicyclic amines) is 1. The molecule has 1 aliphatic rings. The van der Waals surface area contributed by atoms with E-state index in [1.807, 2.05) is 0 Å². The van der Waals surface area contributed by atoms with Gasteiger partial charge in [0.2, 0.25) is 5.91 Å². The average molecular weight is 256 g/mol. The molecule has 0 aromatic rings. The first kappa shape index (κ1) is 14.6. The zero-order chi connectivity index (χ0) is 14.1. The number of likely N-dealkylation sites (N-methyl/N-ethyl adjacent to an activating group) is 1. The summed E-state index contributed by atoms with van der Waals surface area (Å²) in [5.41, 5.74) is -0.733. The Bertz CT molecular complexity index is 371. The van der Waals surface area contributed by atoms with Crippen molar-refractivity contribution in [3.63, 3.8) is 0 Å². The minimum absolute atomic E-state index is 0.174. The number of carbonyl (C=O) groups is 3. The Balaban J connectivity index is 2.87. The van der Waals surface area contributed by atoms with Crippen molar-refractivity contribution in [2.75, 3.05) is 14.1 Å². The summed E-state index contributed by atoms with van der Waals surface area (Å²) in [6.07, 6.45) is -0.276. The minimum atomic E-state index is -0.885. The van der Waals surface area contributed by atoms with Gasteiger partial charge in [-0.2, -0.15) is 4.90 Å². The van der Waals surface area contributed by atoms with Crippen molar-refractivity contribution in [1.82, 2.24) is 9.80 Å². The summed E-state index contributed by atoms with van der Waals surface area (Å²) in [5, 5.41) is 0. The van der Waals surface area contributed by atoms with Gasteiger partial charge in [0.15, 0.2) is 0 Å². The van der Waals surface area contributed by atoms with Crippen LogP contribution in [0.4, 0.5) is 4.79 Å². The van der Waals surface area contributed by atoms with Crippen LogP contribution in [0.25, 0.3) is 0 Å². The van der Waals surface area contributed by atoms with Gasteiger partial charge >= 0.3 is 6.09 Å². The van der Waals surface area contributed by atoms with Crippen LogP contribution >= 0.6 is 0 Å². The molecule has 1 saturated heterocycles. The van der Waals surface area contributed by atoms with E-state index in [4.69, 9.17) is 4.74 Å². The third-order valence-electron chi connectivity index (χ3n) is 2.59. The average Bonchev–Trinajstić information content (AvgIpc) is 2.13. The van der Waals surface area contributed by atoms with Crippen LogP contribution < -0.4 is 0 Å². The zero-order valence-electron chi connectivity index (χ0n) is 11.5. The molecule has 1 unspecified atom stereocenters. The van der Waals surface area contributed by atoms with Crippen LogP contribution in [0.2, 0.25) is 0 Å². The van der Waals surface area contributed by atoms with E-state index in [9.17, 15) is 14.4 Å². The van der Waals surface area contributed by atoms with E-state index in [0.29, 0.717) is 11.3 Å². The van der Waals surface area contributed by atoms with Crippen LogP contribution in [0.1, 0.15) is 33.6 Å². The highest BCUT2D eigenvalue weighted by Gasteiger charge is 2.41. The Hall–Kier alpha value is -1.43. The topological polar surface area (TPSA) is 66.9 Å². The van der Waals surface area contributed by atoms with E-state index in [1.54, 1.807) is 39.8 Å². The highest BCUT2D eigenvalue weighted by Crippen LogP contribution is 2.19. The molecule has 1 fully saturated rings. The molecule has 0 radical (unpaired) electrons. The minimum Gasteiger partial charge on any atom is -0.443 e. The second kappa shape index (κ2) is 5.06. The van der Waals surface area contributed by atoms with E-state index >= 15 is 0 Å². The monoisotopic (exact) mass is 256 g/mol. The number of nitrogens with zero attached hydrogens (tertiary/aromatic N) is 2. The van der Waals surface area contributed by atoms with E-state index in [2.05, 4.69) is 0 Å². The second-order valence-electron chi connectivity index (χ2n) is 5.57. The van der Waals surface area contributed by atoms with Crippen LogP contribution in [0.5, 0.6) is 0 Å². The lowest BCUT2D eigenvalue weighted by Gasteiger charge is -2.33. The lowest BCUT2D eigenvalue weighted by atomic mass is 10.0. The molecule has 1 atom stereocenters. The number of hydrogen-bond acceptors (Lipinski definition) is 5. The molecule has 0 aromatic heterocycles. The summed E-state index contributed by atoms with van der Waals surface area (Å²) < 4.78 is 5.07. The maximum Gasteiger partial charge on any atom is 0.424 e. The van der Waals surface area contributed by atoms with Gasteiger partial charge in [-0.3, -0.25) is 14.5 Å². The largest absolute Gasteiger partial charge is 0.443 e. The molecule has 18 heavy (non-hydrogen) atoms. The fourth-order valence-corrected chi connectivity index (χ4v) is 1.75. The molecule has 1 heterocycles. The molecule has 0 saturated carbocycles. The summed E-state index contributed by atoms with van der Waals surface area (Å²) >= 11 is 0. The molecule has 1 rings (SSSR count). The van der Waals surface area contributed by atoms with Crippen molar-refractivity contribution in [2.24, 2.45) is 0 Å². The number of hydrogen-bond donors (Lipinski definition) is 0. The Morgan fingerprint density at radius 1 is 1.33 bits per heavy atom. The highest BCUT2D eigenvalue weighted by molar-refractivity contribution is 6.12. The molecule has 0 N–H and O–H groups in total. The fraction of sp³-hybridized carbons (Fsp3) is 0.750. The van der Waals surface area contributed by atoms with Gasteiger partial charge in [0.05, 0.1) is 6.04 Å². The van der Waals surface area contributed by atoms with Crippen molar-refractivity contribution in [3.05, 3.63) is 0 Å². The zero-order valence-corrected chi connectivity index (χ0v) is 11.5. The first-order chi connectivity index (χ1) is 8.13. The highest BCUT2D eigenvalue weighted by atomic mass is 16.6. The summed E-state index contributed by atoms with van der Waals surface area (Å²) in [7, 11) is 3.48. The number of rotatable bonds is 1. The predicted molar refractivity (Wildman–Crippen MR) is 64.8 cm³/mol. The van der Waals surface area contributed by atoms with Gasteiger partial charge in [-0.05, 0) is 41.3 Å². The Morgan fingerprint density at radius 3 is 2.33 bits per heavy atom. The van der Waals surface area contributed by atoms with Crippen LogP contribution in [-0.2, 0) is 14.3 Å². The molecule has 102 valence electrons. The maximum atomic E-state index is 12.1. The van der Waals surface area contributed by atoms with E-state index in [0.717, 1.165) is 0 Å². The Kier molecular flexibility index (Phi) is 4.11. The SMILES string of the molecule is CN(C)C1CCC(=O)N(C(=O)OC(C)(C)C)C1=O. The van der Waals surface area contributed by atoms with Gasteiger partial charge in [0, 0.05) is 6.42 Å². The maximum absolute atomic E-state index is 12.1. The predicted octanol–water partition coefficient (Wildman–Crippen LogP) is 1.00. The van der Waals surface area contributed by atoms with Gasteiger partial charge in [-0.15, -0.1) is 0 Å². The third-order valence-corrected chi connectivity index (χ3v) is 2.59. The molecule has 0 aliphatic carbocycles. The van der Waals surface area contributed by atoms with Crippen molar-refractivity contribution >= 4 is 17.9 Å². The van der Waals surface area contributed by atoms with Gasteiger partial charge in [-0.25, -0.2) is 4.79 Å². The molecule has 0 aromatic carbocycles. The quantitative estimate of drug-likeness (QED) is 0.655. The Morgan fingerprint density at radius 2 is 1.89 bits per heavy atom. The molecule has 0 spiro atoms. The lowest BCUT2D eigenvalue weighted by Crippen LogP contribution is -2.55. The second-order valence-corrected chi connectivity index (χ2v) is 5.57. The number of ether oxygens (including phenoxy) is 1. The standard InChI is InChI=1S/C12H20N2O4/c1-12(2,3)18-11(17)14-9(15)7-6-8(10(14)16)13(4)5/h8H,6-7H2,1-5H3. The van der Waals surface area contributed by atoms with E-state index in [-0.39, 0.29) is 6.42 Å². The van der Waals surface area contributed by atoms with E-state index in [1.165, 1.54) is 0 Å². The molecule has 1 aliphatic heterocycles. The number of imide groups is 3. The summed E-state index contributed by atoms with van der Waals surface area (Å²) in [4.78, 5) is 37.9. The summed E-state index contributed by atoms with van der Waals surface area (Å²) in [6, 6.07) is -0.449. The smallest absolute Gasteiger partial charge is 0.424 e. The van der Waals surface area contributed by atoms with Crippen molar-refractivity contribution in [2.45, 2.75) is 45.3 Å². The van der Waals surface area contributed by atoms with Crippen LogP contribution in [0.3, 0.4) is 0 Å². The molecule has 6 nitrogen and oxygen atoms in total. The van der Waals surface area contributed by atoms with Gasteiger partial charge in [-0.1, -0.05) is 0 Å². The number of amides is 3. The third kappa shape index (κ3) is 3.29. The molecule has 0 bridgehead atoms. The lowest BCUT2D eigenvalue weighted by molar-refractivity contribution is -0.150. The summed E-state index contributed by atoms with van der Waals surface area (Å²) in [5.74, 6) is -1.00. The molecule has 3 amide bonds. The van der Waals surface area contributed by atoms with Crippen molar-refractivity contribution in [3.8, 4) is 0 Å². The van der Waals surface area contributed by atoms with Crippen LogP contribution in [-0.4, -0.2) is 53.4 Å². The number of carbonyl (C=O) groups excluding carboxylic acids is 3. The molecule has 6 heteroatoms. The van der Waals surface area contributed by atoms with E-state index < -0.39 is 29.6 Å². The molecular formula is C12H20N2O4. The van der Waals surface area contributed by atoms with Crippen molar-refractivity contribution < 1.29 is 19.1 Å². The summed E-state index contributed by atoms with van der Waals surface area (Å²) in [6.45, 7) is 5.06. The van der Waals surface area contributed by atoms with Crippen molar-refractivity contribution in [1.29, 1.82) is 0 Å². The Labute approximate surface area is 107 Å². The first-order valence-electron chi connectivity index (χ1n) is 5.89. The van der Waals surface area contributed by atoms with Crippen LogP contribution in [0, 0.1) is 0 Å². The van der Waals surface area contributed by atoms with Crippen LogP contribution in [0.15, 0.2) is 0 Å². The van der Waals surface area contributed by atoms with Gasteiger partial charge in [0.1, 0.15) is 5.60 Å². The molecular weight excluding hydrogens is 236 g/mol. The first-order valence-corrected chi connectivity index (χ1v) is 5.89.